The average Bonchev–Trinajstić information content (AvgIpc) is 3.37. The lowest BCUT2D eigenvalue weighted by Crippen LogP contribution is -2.43. The zero-order valence-electron chi connectivity index (χ0n) is 20.2. The van der Waals surface area contributed by atoms with Gasteiger partial charge in [-0.1, -0.05) is 12.8 Å². The lowest BCUT2D eigenvalue weighted by Gasteiger charge is -2.29. The first-order chi connectivity index (χ1) is 16.4. The first kappa shape index (κ1) is 23.8. The highest BCUT2D eigenvalue weighted by Crippen LogP contribution is 2.34. The topological polar surface area (TPSA) is 104 Å². The number of aliphatic imine (C=N–C) groups is 2. The van der Waals surface area contributed by atoms with E-state index in [0.717, 1.165) is 63.1 Å². The smallest absolute Gasteiger partial charge is 0.263 e. The lowest BCUT2D eigenvalue weighted by molar-refractivity contribution is 0.101. The van der Waals surface area contributed by atoms with E-state index in [1.165, 1.54) is 6.92 Å². The minimum absolute atomic E-state index is 0.0196. The molecule has 2 N–H and O–H groups in total. The van der Waals surface area contributed by atoms with Gasteiger partial charge in [0, 0.05) is 32.2 Å². The van der Waals surface area contributed by atoms with Crippen LogP contribution in [0.15, 0.2) is 33.1 Å². The van der Waals surface area contributed by atoms with Crippen molar-refractivity contribution in [1.82, 2.24) is 14.9 Å². The van der Waals surface area contributed by atoms with Crippen LogP contribution >= 0.6 is 0 Å². The maximum atomic E-state index is 13.4. The number of hydrogen-bond donors (Lipinski definition) is 2. The summed E-state index contributed by atoms with van der Waals surface area (Å²) >= 11 is 0. The van der Waals surface area contributed by atoms with Gasteiger partial charge in [0.25, 0.3) is 5.56 Å². The fourth-order valence-corrected chi connectivity index (χ4v) is 4.85. The van der Waals surface area contributed by atoms with Crippen molar-refractivity contribution in [3.63, 3.8) is 0 Å². The van der Waals surface area contributed by atoms with Gasteiger partial charge in [0.2, 0.25) is 5.96 Å². The number of nitrogens with one attached hydrogen (secondary N) is 2. The number of piperazine rings is 1. The highest BCUT2D eigenvalue weighted by Gasteiger charge is 2.26. The molecule has 1 saturated heterocycles. The van der Waals surface area contributed by atoms with E-state index in [-0.39, 0.29) is 28.9 Å². The molecule has 0 radical (unpaired) electrons. The molecule has 0 spiro atoms. The van der Waals surface area contributed by atoms with Crippen molar-refractivity contribution >= 4 is 35.8 Å². The lowest BCUT2D eigenvalue weighted by atomic mass is 10.0. The third kappa shape index (κ3) is 4.79. The quantitative estimate of drug-likeness (QED) is 0.400. The highest BCUT2D eigenvalue weighted by atomic mass is 16.1. The van der Waals surface area contributed by atoms with E-state index in [0.29, 0.717) is 17.2 Å². The first-order valence-electron chi connectivity index (χ1n) is 11.9. The van der Waals surface area contributed by atoms with Crippen molar-refractivity contribution < 1.29 is 4.79 Å². The molecule has 3 heterocycles. The van der Waals surface area contributed by atoms with Crippen LogP contribution in [-0.4, -0.2) is 54.2 Å². The van der Waals surface area contributed by atoms with E-state index in [4.69, 9.17) is 4.99 Å². The fraction of sp³-hybridized carbons (Fsp3) is 0.480. The minimum Gasteiger partial charge on any atom is -0.368 e. The fourth-order valence-electron chi connectivity index (χ4n) is 4.85. The van der Waals surface area contributed by atoms with Gasteiger partial charge in [0.15, 0.2) is 5.78 Å². The molecule has 0 aromatic carbocycles. The molecule has 2 aromatic rings. The van der Waals surface area contributed by atoms with Gasteiger partial charge in [0.05, 0.1) is 17.4 Å². The van der Waals surface area contributed by atoms with E-state index in [1.807, 2.05) is 25.3 Å². The van der Waals surface area contributed by atoms with Gasteiger partial charge in [-0.05, 0) is 63.6 Å². The van der Waals surface area contributed by atoms with Crippen LogP contribution < -0.4 is 21.1 Å². The van der Waals surface area contributed by atoms with Crippen molar-refractivity contribution in [1.29, 1.82) is 0 Å². The van der Waals surface area contributed by atoms with E-state index in [1.54, 1.807) is 11.5 Å². The molecule has 1 aliphatic heterocycles. The van der Waals surface area contributed by atoms with E-state index >= 15 is 0 Å². The van der Waals surface area contributed by atoms with Crippen molar-refractivity contribution in [3.05, 3.63) is 45.4 Å². The molecular formula is C25H33N7O2. The second kappa shape index (κ2) is 10.3. The molecule has 9 nitrogen and oxygen atoms in total. The summed E-state index contributed by atoms with van der Waals surface area (Å²) in [6.45, 7) is 12.6. The van der Waals surface area contributed by atoms with Crippen LogP contribution in [0.4, 0.5) is 17.3 Å². The van der Waals surface area contributed by atoms with Crippen LogP contribution in [0.1, 0.15) is 60.1 Å². The summed E-state index contributed by atoms with van der Waals surface area (Å²) in [6.07, 6.45) is 5.72. The number of anilines is 2. The third-order valence-electron chi connectivity index (χ3n) is 6.81. The number of ketones is 1. The standard InChI is InChI=1S/C25H33N7O2/c1-16-17(2)23(32(19-7-5-6-8-19)24(34)22(16)18(3)33)30-25(26-4)29-21-10-9-20(15-28-21)31-13-11-27-12-14-31/h9-10,15,19,27H,4-8,11-14H2,1-3H3,(H,28,29,30). The number of pyridine rings is 2. The number of guanidine groups is 1. The van der Waals surface area contributed by atoms with Crippen LogP contribution in [-0.2, 0) is 0 Å². The Morgan fingerprint density at radius 3 is 2.47 bits per heavy atom. The summed E-state index contributed by atoms with van der Waals surface area (Å²) < 4.78 is 1.69. The van der Waals surface area contributed by atoms with Gasteiger partial charge in [-0.2, -0.15) is 4.99 Å². The molecule has 0 bridgehead atoms. The first-order valence-corrected chi connectivity index (χ1v) is 11.9. The number of carbonyl (C=O) groups is 1. The van der Waals surface area contributed by atoms with Crippen LogP contribution in [0.2, 0.25) is 0 Å². The number of rotatable bonds is 5. The van der Waals surface area contributed by atoms with E-state index in [2.05, 4.69) is 32.2 Å². The van der Waals surface area contributed by atoms with Gasteiger partial charge in [-0.15, -0.1) is 0 Å². The Labute approximate surface area is 200 Å². The second-order valence-corrected chi connectivity index (χ2v) is 8.98. The van der Waals surface area contributed by atoms with Gasteiger partial charge in [0.1, 0.15) is 11.6 Å². The summed E-state index contributed by atoms with van der Waals surface area (Å²) in [5.74, 6) is 1.15. The van der Waals surface area contributed by atoms with Gasteiger partial charge >= 0.3 is 0 Å². The molecule has 2 aromatic heterocycles. The summed E-state index contributed by atoms with van der Waals surface area (Å²) in [5.41, 5.74) is 2.49. The molecular weight excluding hydrogens is 430 g/mol. The molecule has 0 unspecified atom stereocenters. The van der Waals surface area contributed by atoms with Crippen molar-refractivity contribution in [3.8, 4) is 0 Å². The maximum Gasteiger partial charge on any atom is 0.263 e. The number of aromatic nitrogens is 2. The predicted molar refractivity (Wildman–Crippen MR) is 137 cm³/mol. The molecule has 9 heteroatoms. The number of nitrogens with zero attached hydrogens (tertiary/aromatic N) is 5. The summed E-state index contributed by atoms with van der Waals surface area (Å²) in [4.78, 5) is 41.3. The highest BCUT2D eigenvalue weighted by molar-refractivity contribution is 5.98. The van der Waals surface area contributed by atoms with Crippen LogP contribution in [0.25, 0.3) is 0 Å². The molecule has 0 amide bonds. The van der Waals surface area contributed by atoms with Crippen LogP contribution in [0, 0.1) is 13.8 Å². The normalized spacial score (nSPS) is 17.1. The van der Waals surface area contributed by atoms with Crippen molar-refractivity contribution in [2.24, 2.45) is 9.98 Å². The minimum atomic E-state index is -0.275. The Morgan fingerprint density at radius 2 is 1.88 bits per heavy atom. The average molecular weight is 464 g/mol. The number of hydrogen-bond acceptors (Lipinski definition) is 6. The molecule has 2 aliphatic rings. The zero-order valence-corrected chi connectivity index (χ0v) is 20.2. The summed E-state index contributed by atoms with van der Waals surface area (Å²) in [6, 6.07) is 3.93. The van der Waals surface area contributed by atoms with Crippen molar-refractivity contribution in [2.75, 3.05) is 36.4 Å². The largest absolute Gasteiger partial charge is 0.368 e. The SMILES string of the molecule is C=NC(=Nc1c(C)c(C)c(C(C)=O)c(=O)n1C1CCCC1)Nc1ccc(N2CCNCC2)cn1. The molecule has 180 valence electrons. The molecule has 0 atom stereocenters. The van der Waals surface area contributed by atoms with Gasteiger partial charge < -0.3 is 15.5 Å². The van der Waals surface area contributed by atoms with E-state index in [9.17, 15) is 9.59 Å². The monoisotopic (exact) mass is 463 g/mol. The third-order valence-corrected chi connectivity index (χ3v) is 6.81. The Morgan fingerprint density at radius 1 is 1.18 bits per heavy atom. The van der Waals surface area contributed by atoms with Crippen molar-refractivity contribution in [2.45, 2.75) is 52.5 Å². The zero-order chi connectivity index (χ0) is 24.2. The Kier molecular flexibility index (Phi) is 7.21. The van der Waals surface area contributed by atoms with Gasteiger partial charge in [-0.25, -0.2) is 9.98 Å². The predicted octanol–water partition coefficient (Wildman–Crippen LogP) is 3.39. The maximum absolute atomic E-state index is 13.4. The summed E-state index contributed by atoms with van der Waals surface area (Å²) in [7, 11) is 0. The molecule has 2 fully saturated rings. The molecule has 1 aliphatic carbocycles. The Balaban J connectivity index is 1.69. The van der Waals surface area contributed by atoms with Gasteiger partial charge in [-0.3, -0.25) is 14.2 Å². The summed E-state index contributed by atoms with van der Waals surface area (Å²) in [5, 5.41) is 6.47. The molecule has 1 saturated carbocycles. The van der Waals surface area contributed by atoms with Crippen LogP contribution in [0.3, 0.4) is 0 Å². The Hall–Kier alpha value is -3.33. The Bertz CT molecular complexity index is 1160. The van der Waals surface area contributed by atoms with Crippen LogP contribution in [0.5, 0.6) is 0 Å². The molecule has 4 rings (SSSR count). The second-order valence-electron chi connectivity index (χ2n) is 8.98. The number of Topliss-reactive ketones (excluding diaryl/α,β-unsaturated/α-hetero) is 1. The number of carbonyl (C=O) groups excluding carboxylic acids is 1. The molecule has 34 heavy (non-hydrogen) atoms. The van der Waals surface area contributed by atoms with E-state index < -0.39 is 0 Å².